The lowest BCUT2D eigenvalue weighted by Crippen LogP contribution is -1.79. The normalized spacial score (nSPS) is 12.4. The standard InChI is InChI=1S/C8H11O/c1-3-5-6-8(4-2)7-9/h3-5H,6H2,1-2H3. The molecule has 0 aliphatic heterocycles. The van der Waals surface area contributed by atoms with Crippen LogP contribution in [0.5, 0.6) is 0 Å². The van der Waals surface area contributed by atoms with Crippen LogP contribution in [0.4, 0.5) is 0 Å². The molecule has 1 heteroatoms. The molecular formula is C8H11O. The first-order valence-electron chi connectivity index (χ1n) is 2.99. The van der Waals surface area contributed by atoms with Gasteiger partial charge in [-0.25, -0.2) is 0 Å². The second kappa shape index (κ2) is 5.29. The third-order valence-electron chi connectivity index (χ3n) is 1.05. The summed E-state index contributed by atoms with van der Waals surface area (Å²) in [6, 6.07) is 0. The number of hydrogen-bond donors (Lipinski definition) is 0. The van der Waals surface area contributed by atoms with E-state index in [1.807, 2.05) is 32.3 Å². The molecule has 0 atom stereocenters. The first-order chi connectivity index (χ1) is 4.35. The Morgan fingerprint density at radius 3 is 2.56 bits per heavy atom. The maximum absolute atomic E-state index is 10.0. The summed E-state index contributed by atoms with van der Waals surface area (Å²) in [5.41, 5.74) is 0.716. The van der Waals surface area contributed by atoms with Gasteiger partial charge in [-0.2, -0.15) is 0 Å². The van der Waals surface area contributed by atoms with Crippen LogP contribution in [0.3, 0.4) is 0 Å². The average molecular weight is 123 g/mol. The van der Waals surface area contributed by atoms with Crippen LogP contribution in [0.25, 0.3) is 0 Å². The first-order valence-corrected chi connectivity index (χ1v) is 2.99. The molecule has 0 unspecified atom stereocenters. The third kappa shape index (κ3) is 3.71. The molecule has 1 radical (unpaired) electrons. The minimum Gasteiger partial charge on any atom is -0.285 e. The Bertz CT molecular complexity index is 132. The van der Waals surface area contributed by atoms with Crippen molar-refractivity contribution >= 4 is 6.29 Å². The van der Waals surface area contributed by atoms with Crippen molar-refractivity contribution in [2.75, 3.05) is 0 Å². The van der Waals surface area contributed by atoms with Gasteiger partial charge in [0.1, 0.15) is 0 Å². The van der Waals surface area contributed by atoms with Crippen molar-refractivity contribution < 1.29 is 4.79 Å². The van der Waals surface area contributed by atoms with Gasteiger partial charge in [0.25, 0.3) is 0 Å². The van der Waals surface area contributed by atoms with Gasteiger partial charge in [0.15, 0.2) is 0 Å². The zero-order valence-electron chi connectivity index (χ0n) is 5.85. The number of rotatable bonds is 3. The van der Waals surface area contributed by atoms with E-state index in [0.29, 0.717) is 12.0 Å². The monoisotopic (exact) mass is 123 g/mol. The van der Waals surface area contributed by atoms with Gasteiger partial charge in [-0.05, 0) is 20.3 Å². The molecule has 1 nitrogen and oxygen atoms in total. The molecule has 0 saturated carbocycles. The zero-order valence-corrected chi connectivity index (χ0v) is 5.85. The highest BCUT2D eigenvalue weighted by Gasteiger charge is 1.87. The van der Waals surface area contributed by atoms with Gasteiger partial charge in [0.2, 0.25) is 6.29 Å². The molecule has 0 saturated heterocycles. The lowest BCUT2D eigenvalue weighted by Gasteiger charge is -1.86. The second-order valence-corrected chi connectivity index (χ2v) is 1.69. The molecule has 0 aromatic rings. The van der Waals surface area contributed by atoms with Crippen LogP contribution in [0, 0.1) is 0 Å². The Morgan fingerprint density at radius 1 is 1.56 bits per heavy atom. The van der Waals surface area contributed by atoms with Crippen LogP contribution in [0.2, 0.25) is 0 Å². The van der Waals surface area contributed by atoms with Gasteiger partial charge < -0.3 is 0 Å². The molecule has 0 fully saturated rings. The summed E-state index contributed by atoms with van der Waals surface area (Å²) in [7, 11) is 0. The molecule has 0 N–H and O–H groups in total. The van der Waals surface area contributed by atoms with Crippen molar-refractivity contribution in [1.29, 1.82) is 0 Å². The summed E-state index contributed by atoms with van der Waals surface area (Å²) >= 11 is 0. The minimum atomic E-state index is 0.705. The Labute approximate surface area is 56.1 Å². The average Bonchev–Trinajstić information content (AvgIpc) is 1.91. The minimum absolute atomic E-state index is 0.705. The quantitative estimate of drug-likeness (QED) is 0.414. The molecule has 0 aliphatic rings. The highest BCUT2D eigenvalue weighted by molar-refractivity contribution is 5.74. The maximum Gasteiger partial charge on any atom is 0.229 e. The largest absolute Gasteiger partial charge is 0.285 e. The van der Waals surface area contributed by atoms with Gasteiger partial charge in [0, 0.05) is 5.57 Å². The third-order valence-corrected chi connectivity index (χ3v) is 1.05. The van der Waals surface area contributed by atoms with Gasteiger partial charge in [-0.15, -0.1) is 0 Å². The van der Waals surface area contributed by atoms with Gasteiger partial charge in [-0.1, -0.05) is 18.2 Å². The van der Waals surface area contributed by atoms with Crippen LogP contribution < -0.4 is 0 Å². The SMILES string of the molecule is CC=CCC([C]=O)=CC. The summed E-state index contributed by atoms with van der Waals surface area (Å²) in [5, 5.41) is 0. The zero-order chi connectivity index (χ0) is 7.11. The fourth-order valence-corrected chi connectivity index (χ4v) is 0.463. The molecule has 0 heterocycles. The number of carbonyl (C=O) groups excluding carboxylic acids is 1. The summed E-state index contributed by atoms with van der Waals surface area (Å²) in [5.74, 6) is 0. The Hall–Kier alpha value is -0.850. The molecule has 0 spiro atoms. The van der Waals surface area contributed by atoms with Crippen molar-refractivity contribution in [3.8, 4) is 0 Å². The fourth-order valence-electron chi connectivity index (χ4n) is 0.463. The van der Waals surface area contributed by atoms with E-state index in [4.69, 9.17) is 0 Å². The predicted molar refractivity (Wildman–Crippen MR) is 38.9 cm³/mol. The first kappa shape index (κ1) is 8.15. The van der Waals surface area contributed by atoms with Crippen molar-refractivity contribution in [3.05, 3.63) is 23.8 Å². The van der Waals surface area contributed by atoms with Crippen LogP contribution >= 0.6 is 0 Å². The van der Waals surface area contributed by atoms with E-state index in [1.54, 1.807) is 6.08 Å². The molecule has 9 heavy (non-hydrogen) atoms. The van der Waals surface area contributed by atoms with Gasteiger partial charge in [0.05, 0.1) is 0 Å². The number of hydrogen-bond acceptors (Lipinski definition) is 1. The van der Waals surface area contributed by atoms with Crippen molar-refractivity contribution in [1.82, 2.24) is 0 Å². The summed E-state index contributed by atoms with van der Waals surface area (Å²) in [6.45, 7) is 3.77. The Morgan fingerprint density at radius 2 is 2.22 bits per heavy atom. The molecule has 0 aromatic carbocycles. The summed E-state index contributed by atoms with van der Waals surface area (Å²) < 4.78 is 0. The second-order valence-electron chi connectivity index (χ2n) is 1.69. The highest BCUT2D eigenvalue weighted by atomic mass is 16.1. The Balaban J connectivity index is 3.71. The van der Waals surface area contributed by atoms with Crippen LogP contribution in [-0.2, 0) is 4.79 Å². The molecule has 0 rings (SSSR count). The molecule has 0 aliphatic carbocycles. The van der Waals surface area contributed by atoms with Crippen LogP contribution in [-0.4, -0.2) is 6.29 Å². The molecule has 49 valence electrons. The molecular weight excluding hydrogens is 112 g/mol. The molecule has 0 bridgehead atoms. The number of allylic oxidation sites excluding steroid dienone is 4. The van der Waals surface area contributed by atoms with E-state index < -0.39 is 0 Å². The van der Waals surface area contributed by atoms with Crippen molar-refractivity contribution in [2.24, 2.45) is 0 Å². The molecule has 0 amide bonds. The van der Waals surface area contributed by atoms with Crippen LogP contribution in [0.15, 0.2) is 23.8 Å². The smallest absolute Gasteiger partial charge is 0.229 e. The van der Waals surface area contributed by atoms with Gasteiger partial charge in [-0.3, -0.25) is 4.79 Å². The summed E-state index contributed by atoms with van der Waals surface area (Å²) in [4.78, 5) is 10.0. The van der Waals surface area contributed by atoms with Crippen molar-refractivity contribution in [2.45, 2.75) is 20.3 Å². The maximum atomic E-state index is 10.0. The van der Waals surface area contributed by atoms with Gasteiger partial charge >= 0.3 is 0 Å². The van der Waals surface area contributed by atoms with E-state index in [0.717, 1.165) is 0 Å². The topological polar surface area (TPSA) is 17.1 Å². The van der Waals surface area contributed by atoms with E-state index in [2.05, 4.69) is 0 Å². The predicted octanol–water partition coefficient (Wildman–Crippen LogP) is 2.01. The lowest BCUT2D eigenvalue weighted by atomic mass is 10.2. The Kier molecular flexibility index (Phi) is 4.79. The van der Waals surface area contributed by atoms with E-state index in [-0.39, 0.29) is 0 Å². The van der Waals surface area contributed by atoms with E-state index in [1.165, 1.54) is 0 Å². The molecule has 0 aromatic heterocycles. The van der Waals surface area contributed by atoms with Crippen LogP contribution in [0.1, 0.15) is 20.3 Å². The van der Waals surface area contributed by atoms with Crippen molar-refractivity contribution in [3.63, 3.8) is 0 Å². The lowest BCUT2D eigenvalue weighted by molar-refractivity contribution is 0.561. The van der Waals surface area contributed by atoms with E-state index in [9.17, 15) is 4.79 Å². The summed E-state index contributed by atoms with van der Waals surface area (Å²) in [6.07, 6.45) is 8.17. The fraction of sp³-hybridized carbons (Fsp3) is 0.375. The van der Waals surface area contributed by atoms with E-state index >= 15 is 0 Å². The highest BCUT2D eigenvalue weighted by Crippen LogP contribution is 1.96.